The van der Waals surface area contributed by atoms with Gasteiger partial charge >= 0.3 is 0 Å². The van der Waals surface area contributed by atoms with E-state index in [0.717, 1.165) is 38.2 Å². The summed E-state index contributed by atoms with van der Waals surface area (Å²) in [5.41, 5.74) is 0. The SMILES string of the molecule is CCN=C(NC1CCCC1)NC1CCC(O)CC1.I. The monoisotopic (exact) mass is 381 g/mol. The van der Waals surface area contributed by atoms with Crippen molar-refractivity contribution in [3.8, 4) is 0 Å². The molecule has 5 heteroatoms. The number of guanidine groups is 1. The fourth-order valence-corrected chi connectivity index (χ4v) is 2.97. The van der Waals surface area contributed by atoms with Crippen LogP contribution in [-0.4, -0.2) is 35.8 Å². The second kappa shape index (κ2) is 9.00. The zero-order valence-electron chi connectivity index (χ0n) is 11.9. The Morgan fingerprint density at radius 2 is 1.53 bits per heavy atom. The van der Waals surface area contributed by atoms with Crippen LogP contribution in [0.25, 0.3) is 0 Å². The maximum Gasteiger partial charge on any atom is 0.191 e. The average Bonchev–Trinajstić information content (AvgIpc) is 2.85. The number of aliphatic imine (C=N–C) groups is 1. The van der Waals surface area contributed by atoms with Gasteiger partial charge in [0.25, 0.3) is 0 Å². The first kappa shape index (κ1) is 17.0. The van der Waals surface area contributed by atoms with Crippen LogP contribution in [-0.2, 0) is 0 Å². The van der Waals surface area contributed by atoms with Crippen molar-refractivity contribution in [1.29, 1.82) is 0 Å². The molecular formula is C14H28IN3O. The third-order valence-electron chi connectivity index (χ3n) is 4.05. The molecule has 0 heterocycles. The zero-order valence-corrected chi connectivity index (χ0v) is 14.2. The summed E-state index contributed by atoms with van der Waals surface area (Å²) in [5, 5.41) is 16.6. The van der Waals surface area contributed by atoms with Crippen LogP contribution in [0.2, 0.25) is 0 Å². The second-order valence-corrected chi connectivity index (χ2v) is 5.60. The smallest absolute Gasteiger partial charge is 0.191 e. The number of nitrogens with one attached hydrogen (secondary N) is 2. The number of aliphatic hydroxyl groups is 1. The topological polar surface area (TPSA) is 56.7 Å². The van der Waals surface area contributed by atoms with Gasteiger partial charge in [-0.3, -0.25) is 4.99 Å². The number of halogens is 1. The summed E-state index contributed by atoms with van der Waals surface area (Å²) in [6.45, 7) is 2.89. The highest BCUT2D eigenvalue weighted by atomic mass is 127. The Labute approximate surface area is 133 Å². The number of rotatable bonds is 3. The molecule has 0 unspecified atom stereocenters. The van der Waals surface area contributed by atoms with Crippen molar-refractivity contribution in [2.45, 2.75) is 76.5 Å². The highest BCUT2D eigenvalue weighted by Gasteiger charge is 2.21. The summed E-state index contributed by atoms with van der Waals surface area (Å²) in [6.07, 6.45) is 9.08. The molecule has 112 valence electrons. The second-order valence-electron chi connectivity index (χ2n) is 5.60. The number of aliphatic hydroxyl groups excluding tert-OH is 1. The van der Waals surface area contributed by atoms with E-state index in [9.17, 15) is 5.11 Å². The molecule has 2 fully saturated rings. The van der Waals surface area contributed by atoms with Crippen molar-refractivity contribution >= 4 is 29.9 Å². The molecule has 0 spiro atoms. The fourth-order valence-electron chi connectivity index (χ4n) is 2.97. The maximum absolute atomic E-state index is 9.52. The van der Waals surface area contributed by atoms with Crippen molar-refractivity contribution in [2.75, 3.05) is 6.54 Å². The summed E-state index contributed by atoms with van der Waals surface area (Å²) in [4.78, 5) is 4.53. The van der Waals surface area contributed by atoms with Crippen LogP contribution in [0.1, 0.15) is 58.3 Å². The quantitative estimate of drug-likeness (QED) is 0.400. The van der Waals surface area contributed by atoms with Crippen LogP contribution >= 0.6 is 24.0 Å². The molecule has 0 aromatic rings. The molecule has 2 aliphatic carbocycles. The Morgan fingerprint density at radius 3 is 2.05 bits per heavy atom. The van der Waals surface area contributed by atoms with Gasteiger partial charge in [0.15, 0.2) is 5.96 Å². The van der Waals surface area contributed by atoms with Crippen LogP contribution in [0.3, 0.4) is 0 Å². The van der Waals surface area contributed by atoms with E-state index < -0.39 is 0 Å². The van der Waals surface area contributed by atoms with Crippen molar-refractivity contribution in [2.24, 2.45) is 4.99 Å². The minimum Gasteiger partial charge on any atom is -0.393 e. The minimum absolute atomic E-state index is 0. The first-order chi connectivity index (χ1) is 8.78. The van der Waals surface area contributed by atoms with Crippen molar-refractivity contribution in [3.63, 3.8) is 0 Å². The molecule has 0 atom stereocenters. The third-order valence-corrected chi connectivity index (χ3v) is 4.05. The lowest BCUT2D eigenvalue weighted by molar-refractivity contribution is 0.120. The summed E-state index contributed by atoms with van der Waals surface area (Å²) in [5.74, 6) is 0.978. The van der Waals surface area contributed by atoms with Crippen LogP contribution < -0.4 is 10.6 Å². The van der Waals surface area contributed by atoms with Crippen molar-refractivity contribution < 1.29 is 5.11 Å². The Hall–Kier alpha value is -0.0400. The molecular weight excluding hydrogens is 353 g/mol. The molecule has 3 N–H and O–H groups in total. The summed E-state index contributed by atoms with van der Waals surface area (Å²) in [7, 11) is 0. The molecule has 0 aliphatic heterocycles. The van der Waals surface area contributed by atoms with Crippen LogP contribution in [0.4, 0.5) is 0 Å². The van der Waals surface area contributed by atoms with Gasteiger partial charge in [-0.2, -0.15) is 0 Å². The summed E-state index contributed by atoms with van der Waals surface area (Å²) in [6, 6.07) is 1.09. The van der Waals surface area contributed by atoms with Crippen LogP contribution in [0.5, 0.6) is 0 Å². The lowest BCUT2D eigenvalue weighted by atomic mass is 9.93. The molecule has 0 aromatic heterocycles. The van der Waals surface area contributed by atoms with Crippen LogP contribution in [0.15, 0.2) is 4.99 Å². The molecule has 0 bridgehead atoms. The maximum atomic E-state index is 9.52. The fraction of sp³-hybridized carbons (Fsp3) is 0.929. The lowest BCUT2D eigenvalue weighted by Gasteiger charge is -2.28. The van der Waals surface area contributed by atoms with Gasteiger partial charge in [0.2, 0.25) is 0 Å². The largest absolute Gasteiger partial charge is 0.393 e. The molecule has 0 saturated heterocycles. The predicted molar refractivity (Wildman–Crippen MR) is 90.2 cm³/mol. The van der Waals surface area contributed by atoms with E-state index in [1.54, 1.807) is 0 Å². The van der Waals surface area contributed by atoms with E-state index in [0.29, 0.717) is 12.1 Å². The van der Waals surface area contributed by atoms with E-state index in [4.69, 9.17) is 0 Å². The molecule has 2 saturated carbocycles. The number of nitrogens with zero attached hydrogens (tertiary/aromatic N) is 1. The van der Waals surface area contributed by atoms with Gasteiger partial charge in [-0.1, -0.05) is 12.8 Å². The zero-order chi connectivity index (χ0) is 12.8. The Balaban J connectivity index is 0.00000180. The molecule has 19 heavy (non-hydrogen) atoms. The summed E-state index contributed by atoms with van der Waals surface area (Å²) < 4.78 is 0. The predicted octanol–water partition coefficient (Wildman–Crippen LogP) is 2.41. The third kappa shape index (κ3) is 5.85. The molecule has 0 radical (unpaired) electrons. The van der Waals surface area contributed by atoms with Crippen LogP contribution in [0, 0.1) is 0 Å². The van der Waals surface area contributed by atoms with E-state index in [1.165, 1.54) is 25.7 Å². The highest BCUT2D eigenvalue weighted by molar-refractivity contribution is 14.0. The average molecular weight is 381 g/mol. The Kier molecular flexibility index (Phi) is 8.06. The number of hydrogen-bond donors (Lipinski definition) is 3. The number of hydrogen-bond acceptors (Lipinski definition) is 2. The van der Waals surface area contributed by atoms with Gasteiger partial charge in [0, 0.05) is 18.6 Å². The molecule has 0 amide bonds. The molecule has 0 aromatic carbocycles. The Bertz CT molecular complexity index is 272. The van der Waals surface area contributed by atoms with Gasteiger partial charge in [-0.05, 0) is 45.4 Å². The van der Waals surface area contributed by atoms with Crippen molar-refractivity contribution in [1.82, 2.24) is 10.6 Å². The van der Waals surface area contributed by atoms with E-state index >= 15 is 0 Å². The van der Waals surface area contributed by atoms with Gasteiger partial charge in [-0.25, -0.2) is 0 Å². The van der Waals surface area contributed by atoms with Gasteiger partial charge in [0.1, 0.15) is 0 Å². The van der Waals surface area contributed by atoms with Gasteiger partial charge in [0.05, 0.1) is 6.10 Å². The van der Waals surface area contributed by atoms with Gasteiger partial charge < -0.3 is 15.7 Å². The standard InChI is InChI=1S/C14H27N3O.HI/c1-2-15-14(16-11-5-3-4-6-11)17-12-7-9-13(18)10-8-12;/h11-13,18H,2-10H2,1H3,(H2,15,16,17);1H. The van der Waals surface area contributed by atoms with Crippen molar-refractivity contribution in [3.05, 3.63) is 0 Å². The van der Waals surface area contributed by atoms with E-state index in [1.807, 2.05) is 0 Å². The first-order valence-corrected chi connectivity index (χ1v) is 7.53. The van der Waals surface area contributed by atoms with E-state index in [-0.39, 0.29) is 30.1 Å². The lowest BCUT2D eigenvalue weighted by Crippen LogP contribution is -2.48. The molecule has 2 aliphatic rings. The first-order valence-electron chi connectivity index (χ1n) is 7.53. The Morgan fingerprint density at radius 1 is 1.00 bits per heavy atom. The molecule has 2 rings (SSSR count). The molecule has 4 nitrogen and oxygen atoms in total. The highest BCUT2D eigenvalue weighted by Crippen LogP contribution is 2.19. The normalized spacial score (nSPS) is 28.8. The minimum atomic E-state index is -0.0857. The van der Waals surface area contributed by atoms with Gasteiger partial charge in [-0.15, -0.1) is 24.0 Å². The summed E-state index contributed by atoms with van der Waals surface area (Å²) >= 11 is 0. The van der Waals surface area contributed by atoms with E-state index in [2.05, 4.69) is 22.5 Å².